The number of isocyanates is 2. The Morgan fingerprint density at radius 1 is 1.36 bits per heavy atom. The van der Waals surface area contributed by atoms with E-state index in [9.17, 15) is 4.79 Å². The second-order valence-corrected chi connectivity index (χ2v) is 0.756. The standard InChI is InChI=1S/C3H6O2.2CHNO/c1-2-5-3-4;2*2-1-3/h3H,2H2,1H3;2*2H. The summed E-state index contributed by atoms with van der Waals surface area (Å²) in [5.41, 5.74) is 0. The Balaban J connectivity index is -0.0000000933. The highest BCUT2D eigenvalue weighted by Gasteiger charge is 1.60. The van der Waals surface area contributed by atoms with Gasteiger partial charge in [-0.15, -0.1) is 0 Å². The molecule has 6 nitrogen and oxygen atoms in total. The van der Waals surface area contributed by atoms with Crippen LogP contribution in [-0.4, -0.2) is 25.2 Å². The van der Waals surface area contributed by atoms with Crippen molar-refractivity contribution in [2.45, 2.75) is 6.92 Å². The molecule has 0 aliphatic carbocycles. The number of nitrogens with one attached hydrogen (secondary N) is 2. The Morgan fingerprint density at radius 3 is 1.64 bits per heavy atom. The molecule has 0 aliphatic rings. The van der Waals surface area contributed by atoms with E-state index in [0.29, 0.717) is 13.1 Å². The van der Waals surface area contributed by atoms with Crippen molar-refractivity contribution in [1.29, 1.82) is 10.8 Å². The number of carbonyl (C=O) groups excluding carboxylic acids is 3. The molecule has 0 unspecified atom stereocenters. The molecule has 0 radical (unpaired) electrons. The molecule has 0 bridgehead atoms. The van der Waals surface area contributed by atoms with Gasteiger partial charge < -0.3 is 4.74 Å². The summed E-state index contributed by atoms with van der Waals surface area (Å²) in [6.07, 6.45) is 1.50. The molecule has 0 amide bonds. The predicted octanol–water partition coefficient (Wildman–Crippen LogP) is -0.0188. The monoisotopic (exact) mass is 160 g/mol. The minimum atomic E-state index is 0.431. The Bertz CT molecular complexity index is 121. The average molecular weight is 160 g/mol. The van der Waals surface area contributed by atoms with Gasteiger partial charge >= 0.3 is 0 Å². The minimum absolute atomic E-state index is 0.431. The summed E-state index contributed by atoms with van der Waals surface area (Å²) in [6.45, 7) is 2.66. The van der Waals surface area contributed by atoms with Gasteiger partial charge in [0.05, 0.1) is 6.61 Å². The van der Waals surface area contributed by atoms with Crippen LogP contribution in [0.1, 0.15) is 6.92 Å². The second kappa shape index (κ2) is 41.2. The van der Waals surface area contributed by atoms with Gasteiger partial charge in [0.1, 0.15) is 0 Å². The van der Waals surface area contributed by atoms with Gasteiger partial charge in [-0.25, -0.2) is 20.4 Å². The molecule has 0 spiro atoms. The third-order valence-corrected chi connectivity index (χ3v) is 0.235. The first-order chi connectivity index (χ1) is 5.24. The van der Waals surface area contributed by atoms with Crippen LogP contribution in [0.15, 0.2) is 0 Å². The Labute approximate surface area is 63.2 Å². The summed E-state index contributed by atoms with van der Waals surface area (Å²) in [5, 5.41) is 10.8. The molecule has 11 heavy (non-hydrogen) atoms. The van der Waals surface area contributed by atoms with Gasteiger partial charge in [0, 0.05) is 0 Å². The van der Waals surface area contributed by atoms with E-state index < -0.39 is 0 Å². The van der Waals surface area contributed by atoms with E-state index in [4.69, 9.17) is 20.4 Å². The van der Waals surface area contributed by atoms with E-state index in [2.05, 4.69) is 4.74 Å². The molecule has 0 saturated heterocycles. The summed E-state index contributed by atoms with van der Waals surface area (Å²) in [4.78, 5) is 25.9. The third-order valence-electron chi connectivity index (χ3n) is 0.235. The zero-order valence-corrected chi connectivity index (χ0v) is 5.92. The van der Waals surface area contributed by atoms with Crippen LogP contribution >= 0.6 is 0 Å². The largest absolute Gasteiger partial charge is 0.468 e. The maximum Gasteiger partial charge on any atom is 0.293 e. The average Bonchev–Trinajstić information content (AvgIpc) is 1.92. The van der Waals surface area contributed by atoms with Crippen LogP contribution in [0.25, 0.3) is 0 Å². The van der Waals surface area contributed by atoms with Gasteiger partial charge in [-0.1, -0.05) is 0 Å². The number of hydrogen-bond donors (Lipinski definition) is 2. The molecular weight excluding hydrogens is 152 g/mol. The van der Waals surface area contributed by atoms with Crippen LogP contribution in [0.5, 0.6) is 0 Å². The van der Waals surface area contributed by atoms with Crippen molar-refractivity contribution in [3.8, 4) is 0 Å². The summed E-state index contributed by atoms with van der Waals surface area (Å²) in [7, 11) is 0. The van der Waals surface area contributed by atoms with E-state index in [1.807, 2.05) is 0 Å². The van der Waals surface area contributed by atoms with Crippen LogP contribution < -0.4 is 0 Å². The minimum Gasteiger partial charge on any atom is -0.468 e. The van der Waals surface area contributed by atoms with Gasteiger partial charge in [0.15, 0.2) is 0 Å². The first-order valence-electron chi connectivity index (χ1n) is 2.38. The van der Waals surface area contributed by atoms with Crippen molar-refractivity contribution in [3.05, 3.63) is 0 Å². The van der Waals surface area contributed by atoms with Crippen LogP contribution in [0.2, 0.25) is 0 Å². The number of rotatable bonds is 2. The molecule has 0 atom stereocenters. The lowest BCUT2D eigenvalue weighted by molar-refractivity contribution is -0.128. The summed E-state index contributed by atoms with van der Waals surface area (Å²) >= 11 is 0. The van der Waals surface area contributed by atoms with Crippen molar-refractivity contribution in [1.82, 2.24) is 0 Å². The Hall–Kier alpha value is -1.77. The highest BCUT2D eigenvalue weighted by atomic mass is 16.5. The lowest BCUT2D eigenvalue weighted by Crippen LogP contribution is -1.80. The van der Waals surface area contributed by atoms with Gasteiger partial charge in [-0.2, -0.15) is 0 Å². The SMILES string of the molecule is CCOC=O.N=C=O.N=C=O. The Morgan fingerprint density at radius 2 is 1.64 bits per heavy atom. The van der Waals surface area contributed by atoms with Gasteiger partial charge in [0.25, 0.3) is 6.47 Å². The summed E-state index contributed by atoms with van der Waals surface area (Å²) in [5.74, 6) is 0. The molecule has 0 saturated carbocycles. The topological polar surface area (TPSA) is 108 Å². The van der Waals surface area contributed by atoms with Crippen LogP contribution in [0.4, 0.5) is 0 Å². The van der Waals surface area contributed by atoms with Crippen molar-refractivity contribution in [3.63, 3.8) is 0 Å². The van der Waals surface area contributed by atoms with Crippen LogP contribution in [0.3, 0.4) is 0 Å². The lowest BCUT2D eigenvalue weighted by atomic mass is 10.9. The van der Waals surface area contributed by atoms with E-state index in [1.54, 1.807) is 6.92 Å². The molecule has 0 aromatic heterocycles. The first kappa shape index (κ1) is 16.1. The quantitative estimate of drug-likeness (QED) is 0.336. The molecule has 0 aromatic carbocycles. The maximum absolute atomic E-state index is 9.18. The first-order valence-corrected chi connectivity index (χ1v) is 2.38. The molecule has 0 rings (SSSR count). The normalized spacial score (nSPS) is 4.45. The molecule has 0 heterocycles. The number of carbonyl (C=O) groups is 1. The molecule has 2 N–H and O–H groups in total. The van der Waals surface area contributed by atoms with E-state index in [0.717, 1.165) is 12.2 Å². The number of ether oxygens (including phenoxy) is 1. The smallest absolute Gasteiger partial charge is 0.293 e. The zero-order valence-electron chi connectivity index (χ0n) is 5.92. The highest BCUT2D eigenvalue weighted by Crippen LogP contribution is 1.55. The van der Waals surface area contributed by atoms with Gasteiger partial charge in [0.2, 0.25) is 12.2 Å². The van der Waals surface area contributed by atoms with E-state index in [-0.39, 0.29) is 0 Å². The van der Waals surface area contributed by atoms with Crippen molar-refractivity contribution in [2.75, 3.05) is 6.61 Å². The van der Waals surface area contributed by atoms with Crippen LogP contribution in [-0.2, 0) is 19.1 Å². The molecule has 62 valence electrons. The van der Waals surface area contributed by atoms with E-state index in [1.165, 1.54) is 0 Å². The second-order valence-electron chi connectivity index (χ2n) is 0.756. The van der Waals surface area contributed by atoms with Crippen molar-refractivity contribution < 1.29 is 19.1 Å². The molecule has 0 aromatic rings. The molecule has 0 aliphatic heterocycles. The predicted molar refractivity (Wildman–Crippen MR) is 34.5 cm³/mol. The van der Waals surface area contributed by atoms with Crippen molar-refractivity contribution >= 4 is 18.6 Å². The van der Waals surface area contributed by atoms with Gasteiger partial charge in [-0.3, -0.25) is 4.79 Å². The lowest BCUT2D eigenvalue weighted by Gasteiger charge is -1.79. The zero-order chi connectivity index (χ0) is 9.54. The molecular formula is C5H8N2O4. The van der Waals surface area contributed by atoms with Crippen molar-refractivity contribution in [2.24, 2.45) is 0 Å². The van der Waals surface area contributed by atoms with Crippen LogP contribution in [0, 0.1) is 10.8 Å². The molecule has 6 heteroatoms. The summed E-state index contributed by atoms with van der Waals surface area (Å²) < 4.78 is 4.15. The fourth-order valence-corrected chi connectivity index (χ4v) is 0.0680. The summed E-state index contributed by atoms with van der Waals surface area (Å²) in [6, 6.07) is 0. The molecule has 0 fully saturated rings. The van der Waals surface area contributed by atoms with Gasteiger partial charge in [-0.05, 0) is 6.92 Å². The number of hydrogen-bond acceptors (Lipinski definition) is 6. The third kappa shape index (κ3) is 6040. The van der Waals surface area contributed by atoms with E-state index >= 15 is 0 Å². The highest BCUT2D eigenvalue weighted by molar-refractivity contribution is 5.36. The fourth-order valence-electron chi connectivity index (χ4n) is 0.0680. The maximum atomic E-state index is 9.18. The fraction of sp³-hybridized carbons (Fsp3) is 0.400. The Kier molecular flexibility index (Phi) is 60.4.